The summed E-state index contributed by atoms with van der Waals surface area (Å²) in [5.41, 5.74) is 2.40. The molecule has 0 unspecified atom stereocenters. The average molecular weight is 424 g/mol. The fourth-order valence-corrected chi connectivity index (χ4v) is 4.11. The fraction of sp³-hybridized carbons (Fsp3) is 0.217. The molecule has 156 valence electrons. The van der Waals surface area contributed by atoms with Crippen LogP contribution in [0.1, 0.15) is 31.9 Å². The maximum absolute atomic E-state index is 12.9. The minimum atomic E-state index is -3.63. The zero-order valence-corrected chi connectivity index (χ0v) is 18.0. The summed E-state index contributed by atoms with van der Waals surface area (Å²) in [4.78, 5) is 16.4. The number of hydrogen-bond acceptors (Lipinski definition) is 4. The molecule has 0 spiro atoms. The zero-order chi connectivity index (χ0) is 21.8. The summed E-state index contributed by atoms with van der Waals surface area (Å²) in [6.45, 7) is 6.58. The van der Waals surface area contributed by atoms with Crippen molar-refractivity contribution in [1.29, 1.82) is 0 Å². The average Bonchev–Trinajstić information content (AvgIpc) is 2.73. The quantitative estimate of drug-likeness (QED) is 0.631. The van der Waals surface area contributed by atoms with E-state index in [1.54, 1.807) is 42.7 Å². The van der Waals surface area contributed by atoms with Gasteiger partial charge in [0.25, 0.3) is 0 Å². The number of carbonyl (C=O) groups excluding carboxylic acids is 1. The number of nitrogens with zero attached hydrogens (tertiary/aromatic N) is 1. The topological polar surface area (TPSA) is 88.2 Å². The molecule has 3 rings (SSSR count). The van der Waals surface area contributed by atoms with E-state index in [-0.39, 0.29) is 21.2 Å². The molecule has 0 aliphatic rings. The molecule has 2 N–H and O–H groups in total. The lowest BCUT2D eigenvalue weighted by Gasteiger charge is -2.19. The number of urea groups is 1. The minimum Gasteiger partial charge on any atom is -0.334 e. The maximum atomic E-state index is 12.9. The number of benzene rings is 2. The van der Waals surface area contributed by atoms with Crippen LogP contribution in [-0.2, 0) is 21.8 Å². The molecular weight excluding hydrogens is 398 g/mol. The van der Waals surface area contributed by atoms with E-state index >= 15 is 0 Å². The van der Waals surface area contributed by atoms with Crippen molar-refractivity contribution in [3.05, 3.63) is 84.2 Å². The highest BCUT2D eigenvalue weighted by atomic mass is 32.2. The zero-order valence-electron chi connectivity index (χ0n) is 17.2. The van der Waals surface area contributed by atoms with Gasteiger partial charge < -0.3 is 10.6 Å². The third-order valence-electron chi connectivity index (χ3n) is 4.63. The molecule has 2 aromatic carbocycles. The molecule has 6 nitrogen and oxygen atoms in total. The molecule has 0 aliphatic carbocycles. The normalized spacial score (nSPS) is 11.7. The van der Waals surface area contributed by atoms with Crippen LogP contribution in [-0.4, -0.2) is 19.4 Å². The largest absolute Gasteiger partial charge is 0.334 e. The standard InChI is InChI=1S/C23H25N3O3S/c1-23(2,3)18-6-10-20(11-7-18)30(28,29)21-12-8-19(9-13-21)26-22(27)25-16-17-5-4-14-24-15-17/h4-15H,16H2,1-3H3,(H2,25,26,27). The number of nitrogens with one attached hydrogen (secondary N) is 2. The summed E-state index contributed by atoms with van der Waals surface area (Å²) in [7, 11) is -3.63. The Hall–Kier alpha value is -3.19. The molecule has 3 aromatic rings. The van der Waals surface area contributed by atoms with Gasteiger partial charge in [-0.15, -0.1) is 0 Å². The van der Waals surface area contributed by atoms with Gasteiger partial charge in [0.15, 0.2) is 0 Å². The highest BCUT2D eigenvalue weighted by Gasteiger charge is 2.19. The number of amides is 2. The van der Waals surface area contributed by atoms with Gasteiger partial charge in [-0.1, -0.05) is 39.0 Å². The van der Waals surface area contributed by atoms with E-state index in [1.165, 1.54) is 12.1 Å². The molecule has 1 heterocycles. The second kappa shape index (κ2) is 8.67. The first-order chi connectivity index (χ1) is 14.2. The second-order valence-electron chi connectivity index (χ2n) is 7.97. The summed E-state index contributed by atoms with van der Waals surface area (Å²) < 4.78 is 25.8. The Morgan fingerprint density at radius 3 is 2.07 bits per heavy atom. The van der Waals surface area contributed by atoms with E-state index in [9.17, 15) is 13.2 Å². The number of pyridine rings is 1. The van der Waals surface area contributed by atoms with Crippen LogP contribution < -0.4 is 10.6 Å². The van der Waals surface area contributed by atoms with Crippen molar-refractivity contribution in [3.8, 4) is 0 Å². The highest BCUT2D eigenvalue weighted by molar-refractivity contribution is 7.91. The number of rotatable bonds is 5. The number of carbonyl (C=O) groups is 1. The Balaban J connectivity index is 1.66. The summed E-state index contributed by atoms with van der Waals surface area (Å²) in [5, 5.41) is 5.42. The van der Waals surface area contributed by atoms with Gasteiger partial charge in [0.1, 0.15) is 0 Å². The van der Waals surface area contributed by atoms with E-state index < -0.39 is 9.84 Å². The van der Waals surface area contributed by atoms with Gasteiger partial charge in [-0.25, -0.2) is 13.2 Å². The van der Waals surface area contributed by atoms with Gasteiger partial charge in [0.05, 0.1) is 9.79 Å². The Morgan fingerprint density at radius 2 is 1.53 bits per heavy atom. The molecule has 0 atom stereocenters. The fourth-order valence-electron chi connectivity index (χ4n) is 2.85. The molecule has 7 heteroatoms. The smallest absolute Gasteiger partial charge is 0.319 e. The SMILES string of the molecule is CC(C)(C)c1ccc(S(=O)(=O)c2ccc(NC(=O)NCc3cccnc3)cc2)cc1. The minimum absolute atomic E-state index is 0.0484. The first-order valence-electron chi connectivity index (χ1n) is 9.56. The molecular formula is C23H25N3O3S. The lowest BCUT2D eigenvalue weighted by Crippen LogP contribution is -2.28. The van der Waals surface area contributed by atoms with Crippen molar-refractivity contribution >= 4 is 21.6 Å². The molecule has 0 bridgehead atoms. The van der Waals surface area contributed by atoms with E-state index in [2.05, 4.69) is 36.4 Å². The molecule has 0 saturated carbocycles. The van der Waals surface area contributed by atoms with E-state index in [0.717, 1.165) is 11.1 Å². The molecule has 1 aromatic heterocycles. The Morgan fingerprint density at radius 1 is 0.933 bits per heavy atom. The highest BCUT2D eigenvalue weighted by Crippen LogP contribution is 2.26. The molecule has 30 heavy (non-hydrogen) atoms. The molecule has 0 fully saturated rings. The summed E-state index contributed by atoms with van der Waals surface area (Å²) in [6.07, 6.45) is 3.34. The van der Waals surface area contributed by atoms with Crippen molar-refractivity contribution in [3.63, 3.8) is 0 Å². The number of sulfone groups is 1. The van der Waals surface area contributed by atoms with Gasteiger partial charge in [-0.05, 0) is 59.0 Å². The van der Waals surface area contributed by atoms with Gasteiger partial charge in [0, 0.05) is 24.6 Å². The Bertz CT molecular complexity index is 1100. The van der Waals surface area contributed by atoms with Crippen LogP contribution in [0.5, 0.6) is 0 Å². The van der Waals surface area contributed by atoms with E-state index in [0.29, 0.717) is 12.2 Å². The van der Waals surface area contributed by atoms with Gasteiger partial charge in [-0.2, -0.15) is 0 Å². The number of hydrogen-bond donors (Lipinski definition) is 2. The van der Waals surface area contributed by atoms with Crippen LogP contribution in [0.4, 0.5) is 10.5 Å². The monoisotopic (exact) mass is 423 g/mol. The van der Waals surface area contributed by atoms with Crippen LogP contribution in [0, 0.1) is 0 Å². The Kier molecular flexibility index (Phi) is 6.22. The Labute approximate surface area is 177 Å². The van der Waals surface area contributed by atoms with E-state index in [1.807, 2.05) is 18.2 Å². The van der Waals surface area contributed by atoms with Crippen molar-refractivity contribution in [2.75, 3.05) is 5.32 Å². The third-order valence-corrected chi connectivity index (χ3v) is 6.41. The molecule has 0 aliphatic heterocycles. The number of anilines is 1. The van der Waals surface area contributed by atoms with Crippen molar-refractivity contribution in [1.82, 2.24) is 10.3 Å². The number of aromatic nitrogens is 1. The lowest BCUT2D eigenvalue weighted by atomic mass is 9.87. The molecule has 0 saturated heterocycles. The lowest BCUT2D eigenvalue weighted by molar-refractivity contribution is 0.251. The second-order valence-corrected chi connectivity index (χ2v) is 9.92. The van der Waals surface area contributed by atoms with Crippen LogP contribution in [0.2, 0.25) is 0 Å². The van der Waals surface area contributed by atoms with Crippen molar-refractivity contribution in [2.45, 2.75) is 42.5 Å². The first kappa shape index (κ1) is 21.5. The molecule has 0 radical (unpaired) electrons. The van der Waals surface area contributed by atoms with Gasteiger partial charge >= 0.3 is 6.03 Å². The van der Waals surface area contributed by atoms with Gasteiger partial charge in [0.2, 0.25) is 9.84 Å². The van der Waals surface area contributed by atoms with Crippen LogP contribution in [0.25, 0.3) is 0 Å². The summed E-state index contributed by atoms with van der Waals surface area (Å²) >= 11 is 0. The van der Waals surface area contributed by atoms with Crippen LogP contribution in [0.15, 0.2) is 82.8 Å². The van der Waals surface area contributed by atoms with Crippen LogP contribution >= 0.6 is 0 Å². The van der Waals surface area contributed by atoms with Crippen LogP contribution in [0.3, 0.4) is 0 Å². The predicted molar refractivity (Wildman–Crippen MR) is 117 cm³/mol. The molecule has 2 amide bonds. The van der Waals surface area contributed by atoms with Crippen molar-refractivity contribution in [2.24, 2.45) is 0 Å². The first-order valence-corrected chi connectivity index (χ1v) is 11.0. The van der Waals surface area contributed by atoms with Crippen molar-refractivity contribution < 1.29 is 13.2 Å². The summed E-state index contributed by atoms with van der Waals surface area (Å²) in [6, 6.07) is 16.3. The maximum Gasteiger partial charge on any atom is 0.319 e. The third kappa shape index (κ3) is 5.24. The van der Waals surface area contributed by atoms with E-state index in [4.69, 9.17) is 0 Å². The predicted octanol–water partition coefficient (Wildman–Crippen LogP) is 4.53. The van der Waals surface area contributed by atoms with Gasteiger partial charge in [-0.3, -0.25) is 4.98 Å². The summed E-state index contributed by atoms with van der Waals surface area (Å²) in [5.74, 6) is 0.